The van der Waals surface area contributed by atoms with E-state index in [1.165, 1.54) is 27.8 Å². The third-order valence-electron chi connectivity index (χ3n) is 5.39. The van der Waals surface area contributed by atoms with Crippen LogP contribution in [0, 0.1) is 19.8 Å². The minimum atomic E-state index is -0.303. The van der Waals surface area contributed by atoms with Gasteiger partial charge >= 0.3 is 0 Å². The molecule has 0 amide bonds. The lowest BCUT2D eigenvalue weighted by Gasteiger charge is -2.33. The molecule has 1 aliphatic rings. The molecule has 1 heteroatoms. The van der Waals surface area contributed by atoms with Gasteiger partial charge < -0.3 is 0 Å². The van der Waals surface area contributed by atoms with Crippen LogP contribution in [0.2, 0.25) is 0 Å². The van der Waals surface area contributed by atoms with Crippen LogP contribution in [0.5, 0.6) is 0 Å². The average molecular weight is 389 g/mol. The van der Waals surface area contributed by atoms with E-state index in [2.05, 4.69) is 114 Å². The van der Waals surface area contributed by atoms with Gasteiger partial charge in [0.1, 0.15) is 0 Å². The quantitative estimate of drug-likeness (QED) is 0.345. The molecule has 0 saturated heterocycles. The molecule has 0 unspecified atom stereocenters. The summed E-state index contributed by atoms with van der Waals surface area (Å²) >= 11 is 0. The SMILES string of the molecule is Cc1ccc(C(=C(c2ccc(C)cc2)P(C(C)C)C(C)C)C2C=CC=C2)cc1. The van der Waals surface area contributed by atoms with Gasteiger partial charge in [0.25, 0.3) is 0 Å². The summed E-state index contributed by atoms with van der Waals surface area (Å²) in [6, 6.07) is 18.3. The predicted octanol–water partition coefficient (Wildman–Crippen LogP) is 8.21. The van der Waals surface area contributed by atoms with E-state index < -0.39 is 0 Å². The van der Waals surface area contributed by atoms with Crippen LogP contribution in [0.15, 0.2) is 72.8 Å². The summed E-state index contributed by atoms with van der Waals surface area (Å²) in [4.78, 5) is 0. The van der Waals surface area contributed by atoms with Crippen molar-refractivity contribution in [2.75, 3.05) is 0 Å². The van der Waals surface area contributed by atoms with E-state index in [4.69, 9.17) is 0 Å². The van der Waals surface area contributed by atoms with Gasteiger partial charge in [-0.3, -0.25) is 0 Å². The predicted molar refractivity (Wildman–Crippen MR) is 128 cm³/mol. The molecule has 0 bridgehead atoms. The summed E-state index contributed by atoms with van der Waals surface area (Å²) in [5, 5.41) is 1.57. The highest BCUT2D eigenvalue weighted by Crippen LogP contribution is 2.61. The summed E-state index contributed by atoms with van der Waals surface area (Å²) in [6.07, 6.45) is 9.08. The number of benzene rings is 2. The van der Waals surface area contributed by atoms with Crippen LogP contribution in [0.3, 0.4) is 0 Å². The van der Waals surface area contributed by atoms with Crippen molar-refractivity contribution in [3.63, 3.8) is 0 Å². The molecule has 0 heterocycles. The van der Waals surface area contributed by atoms with E-state index in [1.54, 1.807) is 5.31 Å². The minimum Gasteiger partial charge on any atom is -0.0732 e. The lowest BCUT2D eigenvalue weighted by Crippen LogP contribution is -2.09. The zero-order valence-electron chi connectivity index (χ0n) is 18.1. The molecule has 0 radical (unpaired) electrons. The Morgan fingerprint density at radius 3 is 1.54 bits per heavy atom. The minimum absolute atomic E-state index is 0.303. The Morgan fingerprint density at radius 2 is 1.11 bits per heavy atom. The molecule has 1 aliphatic carbocycles. The zero-order chi connectivity index (χ0) is 20.3. The second-order valence-electron chi connectivity index (χ2n) is 8.38. The van der Waals surface area contributed by atoms with Gasteiger partial charge in [0, 0.05) is 5.92 Å². The largest absolute Gasteiger partial charge is 0.0732 e. The highest BCUT2D eigenvalue weighted by Gasteiger charge is 2.28. The van der Waals surface area contributed by atoms with Crippen LogP contribution in [0.1, 0.15) is 49.9 Å². The van der Waals surface area contributed by atoms with Crippen molar-refractivity contribution < 1.29 is 0 Å². The summed E-state index contributed by atoms with van der Waals surface area (Å²) in [5.74, 6) is 0.349. The lowest BCUT2D eigenvalue weighted by molar-refractivity contribution is 1.02. The average Bonchev–Trinajstić information content (AvgIpc) is 3.17. The molecule has 0 N–H and O–H groups in total. The molecule has 2 aromatic rings. The van der Waals surface area contributed by atoms with Crippen molar-refractivity contribution in [3.8, 4) is 0 Å². The molecule has 0 saturated carbocycles. The van der Waals surface area contributed by atoms with Crippen molar-refractivity contribution in [2.45, 2.75) is 52.9 Å². The first-order valence-corrected chi connectivity index (χ1v) is 11.9. The van der Waals surface area contributed by atoms with Gasteiger partial charge in [-0.25, -0.2) is 0 Å². The smallest absolute Gasteiger partial charge is 0.0217 e. The molecule has 28 heavy (non-hydrogen) atoms. The van der Waals surface area contributed by atoms with E-state index in [1.807, 2.05) is 0 Å². The molecule has 2 aromatic carbocycles. The Hall–Kier alpha value is -1.91. The summed E-state index contributed by atoms with van der Waals surface area (Å²) in [6.45, 7) is 13.9. The van der Waals surface area contributed by atoms with Gasteiger partial charge in [-0.2, -0.15) is 0 Å². The molecule has 0 nitrogen and oxygen atoms in total. The molecule has 3 rings (SSSR count). The summed E-state index contributed by atoms with van der Waals surface area (Å²) in [7, 11) is -0.303. The van der Waals surface area contributed by atoms with E-state index in [9.17, 15) is 0 Å². The van der Waals surface area contributed by atoms with Crippen molar-refractivity contribution in [3.05, 3.63) is 95.1 Å². The Kier molecular flexibility index (Phi) is 6.73. The van der Waals surface area contributed by atoms with Crippen LogP contribution in [0.4, 0.5) is 0 Å². The highest BCUT2D eigenvalue weighted by molar-refractivity contribution is 7.70. The molecule has 146 valence electrons. The first-order valence-electron chi connectivity index (χ1n) is 10.4. The first-order chi connectivity index (χ1) is 13.4. The van der Waals surface area contributed by atoms with Gasteiger partial charge in [0.05, 0.1) is 0 Å². The Balaban J connectivity index is 2.33. The number of hydrogen-bond donors (Lipinski definition) is 0. The molecule has 0 spiro atoms. The fraction of sp³-hybridized carbons (Fsp3) is 0.333. The second kappa shape index (κ2) is 9.06. The number of rotatable bonds is 6. The van der Waals surface area contributed by atoms with Gasteiger partial charge in [-0.1, -0.05) is 120 Å². The van der Waals surface area contributed by atoms with Gasteiger partial charge in [0.15, 0.2) is 0 Å². The number of hydrogen-bond acceptors (Lipinski definition) is 0. The van der Waals surface area contributed by atoms with E-state index in [0.717, 1.165) is 0 Å². The van der Waals surface area contributed by atoms with Crippen LogP contribution in [-0.2, 0) is 0 Å². The maximum atomic E-state index is 2.40. The lowest BCUT2D eigenvalue weighted by atomic mass is 9.90. The zero-order valence-corrected chi connectivity index (χ0v) is 19.0. The van der Waals surface area contributed by atoms with Crippen molar-refractivity contribution in [2.24, 2.45) is 5.92 Å². The maximum Gasteiger partial charge on any atom is 0.0217 e. The van der Waals surface area contributed by atoms with Gasteiger partial charge in [0.2, 0.25) is 0 Å². The Morgan fingerprint density at radius 1 is 0.679 bits per heavy atom. The Labute approximate surface area is 172 Å². The van der Waals surface area contributed by atoms with Crippen LogP contribution in [-0.4, -0.2) is 11.3 Å². The van der Waals surface area contributed by atoms with Crippen molar-refractivity contribution in [1.29, 1.82) is 0 Å². The van der Waals surface area contributed by atoms with Gasteiger partial charge in [-0.05, 0) is 47.2 Å². The Bertz CT molecular complexity index is 857. The maximum absolute atomic E-state index is 2.40. The van der Waals surface area contributed by atoms with E-state index in [-0.39, 0.29) is 7.92 Å². The van der Waals surface area contributed by atoms with Gasteiger partial charge in [-0.15, -0.1) is 0 Å². The summed E-state index contributed by atoms with van der Waals surface area (Å²) in [5.41, 5.74) is 8.15. The number of allylic oxidation sites excluding steroid dienone is 5. The molecular weight excluding hydrogens is 355 g/mol. The fourth-order valence-corrected chi connectivity index (χ4v) is 7.34. The molecule has 0 atom stereocenters. The molecule has 0 aliphatic heterocycles. The second-order valence-corrected chi connectivity index (χ2v) is 11.7. The monoisotopic (exact) mass is 388 g/mol. The topological polar surface area (TPSA) is 0 Å². The third-order valence-corrected chi connectivity index (χ3v) is 8.64. The number of aryl methyl sites for hydroxylation is 2. The highest BCUT2D eigenvalue weighted by atomic mass is 31.1. The molecular formula is C27H33P. The molecule has 0 aromatic heterocycles. The van der Waals surface area contributed by atoms with E-state index in [0.29, 0.717) is 17.2 Å². The van der Waals surface area contributed by atoms with Crippen LogP contribution < -0.4 is 0 Å². The van der Waals surface area contributed by atoms with Crippen molar-refractivity contribution in [1.82, 2.24) is 0 Å². The van der Waals surface area contributed by atoms with Crippen LogP contribution in [0.25, 0.3) is 10.9 Å². The first kappa shape index (κ1) is 20.8. The molecule has 0 fully saturated rings. The van der Waals surface area contributed by atoms with Crippen molar-refractivity contribution >= 4 is 18.8 Å². The summed E-state index contributed by atoms with van der Waals surface area (Å²) < 4.78 is 0. The standard InChI is InChI=1S/C27H33P/c1-19(2)28(20(3)4)27(25-17-13-22(6)14-18-25)26(23-9-7-8-10-23)24-15-11-21(5)12-16-24/h7-20,23H,1-6H3. The normalized spacial score (nSPS) is 15.2. The van der Waals surface area contributed by atoms with Crippen LogP contribution >= 0.6 is 7.92 Å². The third kappa shape index (κ3) is 4.56. The van der Waals surface area contributed by atoms with E-state index >= 15 is 0 Å². The fourth-order valence-electron chi connectivity index (χ4n) is 4.11.